The highest BCUT2D eigenvalue weighted by atomic mass is 16.6. The zero-order chi connectivity index (χ0) is 14.3. The van der Waals surface area contributed by atoms with Gasteiger partial charge in [0.25, 0.3) is 0 Å². The first-order valence-corrected chi connectivity index (χ1v) is 7.17. The summed E-state index contributed by atoms with van der Waals surface area (Å²) in [4.78, 5) is 16.3. The second kappa shape index (κ2) is 5.14. The van der Waals surface area contributed by atoms with E-state index in [-0.39, 0.29) is 12.5 Å². The Morgan fingerprint density at radius 3 is 3.05 bits per heavy atom. The maximum Gasteiger partial charge on any atom is 0.434 e. The van der Waals surface area contributed by atoms with E-state index < -0.39 is 11.0 Å². The van der Waals surface area contributed by atoms with Crippen molar-refractivity contribution in [2.75, 3.05) is 6.54 Å². The number of hydrogen-bond donors (Lipinski definition) is 1. The van der Waals surface area contributed by atoms with E-state index in [1.165, 1.54) is 30.0 Å². The summed E-state index contributed by atoms with van der Waals surface area (Å²) < 4.78 is 1.40. The monoisotopic (exact) mass is 280 g/mol. The van der Waals surface area contributed by atoms with Gasteiger partial charge in [-0.05, 0) is 23.7 Å². The van der Waals surface area contributed by atoms with Crippen LogP contribution in [-0.2, 0) is 6.54 Å². The third-order valence-corrected chi connectivity index (χ3v) is 4.54. The van der Waals surface area contributed by atoms with Gasteiger partial charge in [0, 0.05) is 18.6 Å². The van der Waals surface area contributed by atoms with Crippen molar-refractivity contribution >= 4 is 5.95 Å². The lowest BCUT2D eigenvalue weighted by molar-refractivity contribution is -0.397. The molecule has 0 aromatic carbocycles. The average molecular weight is 280 g/mol. The van der Waals surface area contributed by atoms with E-state index >= 15 is 0 Å². The van der Waals surface area contributed by atoms with Gasteiger partial charge in [0.15, 0.2) is 0 Å². The lowest BCUT2D eigenvalue weighted by atomic mass is 9.91. The molecule has 1 aliphatic carbocycles. The van der Waals surface area contributed by atoms with Crippen LogP contribution in [0.15, 0.2) is 12.4 Å². The molecule has 2 heterocycles. The van der Waals surface area contributed by atoms with E-state index in [2.05, 4.69) is 16.8 Å². The summed E-state index contributed by atoms with van der Waals surface area (Å²) in [6.07, 6.45) is 6.08. The fraction of sp³-hybridized carbons (Fsp3) is 0.769. The van der Waals surface area contributed by atoms with Gasteiger partial charge in [-0.3, -0.25) is 4.90 Å². The van der Waals surface area contributed by atoms with E-state index in [0.29, 0.717) is 24.5 Å². The lowest BCUT2D eigenvalue weighted by Gasteiger charge is -2.14. The van der Waals surface area contributed by atoms with Gasteiger partial charge in [-0.1, -0.05) is 18.3 Å². The van der Waals surface area contributed by atoms with Crippen LogP contribution in [0.25, 0.3) is 0 Å². The first-order chi connectivity index (χ1) is 9.58. The summed E-state index contributed by atoms with van der Waals surface area (Å²) in [5, 5.41) is 20.9. The second-order valence-corrected chi connectivity index (χ2v) is 5.95. The maximum atomic E-state index is 10.8. The van der Waals surface area contributed by atoms with Crippen molar-refractivity contribution in [1.29, 1.82) is 0 Å². The first-order valence-electron chi connectivity index (χ1n) is 7.17. The van der Waals surface area contributed by atoms with E-state index in [0.717, 1.165) is 0 Å². The summed E-state index contributed by atoms with van der Waals surface area (Å²) in [5.74, 6) is 0.490. The van der Waals surface area contributed by atoms with Crippen LogP contribution in [0.3, 0.4) is 0 Å². The van der Waals surface area contributed by atoms with Crippen molar-refractivity contribution in [3.05, 3.63) is 22.5 Å². The van der Waals surface area contributed by atoms with Crippen molar-refractivity contribution in [2.45, 2.75) is 50.9 Å². The van der Waals surface area contributed by atoms with Crippen molar-refractivity contribution in [2.24, 2.45) is 5.92 Å². The van der Waals surface area contributed by atoms with Crippen LogP contribution in [0.1, 0.15) is 26.2 Å². The molecule has 1 N–H and O–H groups in total. The third kappa shape index (κ3) is 2.43. The molecule has 3 rings (SSSR count). The highest BCUT2D eigenvalue weighted by Crippen LogP contribution is 2.43. The molecule has 2 fully saturated rings. The first kappa shape index (κ1) is 13.5. The Hall–Kier alpha value is -1.47. The van der Waals surface area contributed by atoms with E-state index in [1.807, 2.05) is 0 Å². The van der Waals surface area contributed by atoms with Crippen LogP contribution < -0.4 is 0 Å². The highest BCUT2D eigenvalue weighted by molar-refractivity contribution is 5.09. The van der Waals surface area contributed by atoms with Crippen LogP contribution in [-0.4, -0.2) is 49.2 Å². The Morgan fingerprint density at radius 1 is 1.55 bits per heavy atom. The standard InChI is InChI=1S/C13H20N4O3/c1-9-3-2-4-11-12(9)16(11)8-10(18)7-15-6-5-14-13(15)17(19)20/h5-6,9-12,18H,2-4,7-8H2,1H3. The highest BCUT2D eigenvalue weighted by Gasteiger charge is 2.52. The topological polar surface area (TPSA) is 84.2 Å². The molecule has 0 spiro atoms. The molecule has 0 bridgehead atoms. The molecule has 7 nitrogen and oxygen atoms in total. The van der Waals surface area contributed by atoms with Crippen LogP contribution in [0, 0.1) is 16.0 Å². The molecule has 20 heavy (non-hydrogen) atoms. The van der Waals surface area contributed by atoms with Gasteiger partial charge in [-0.2, -0.15) is 0 Å². The molecule has 1 aromatic heterocycles. The van der Waals surface area contributed by atoms with Crippen LogP contribution >= 0.6 is 0 Å². The number of rotatable bonds is 5. The van der Waals surface area contributed by atoms with E-state index in [4.69, 9.17) is 0 Å². The zero-order valence-electron chi connectivity index (χ0n) is 11.6. The summed E-state index contributed by atoms with van der Waals surface area (Å²) in [6, 6.07) is 1.22. The van der Waals surface area contributed by atoms with Gasteiger partial charge < -0.3 is 15.2 Å². The van der Waals surface area contributed by atoms with Crippen LogP contribution in [0.4, 0.5) is 5.95 Å². The summed E-state index contributed by atoms with van der Waals surface area (Å²) in [5.41, 5.74) is 0. The number of aliphatic hydroxyl groups excluding tert-OH is 1. The molecule has 5 unspecified atom stereocenters. The number of likely N-dealkylation sites (tertiary alicyclic amines) is 1. The van der Waals surface area contributed by atoms with E-state index in [1.54, 1.807) is 6.20 Å². The molecule has 2 aliphatic rings. The minimum absolute atomic E-state index is 0.208. The molecule has 1 aliphatic heterocycles. The number of hydrogen-bond acceptors (Lipinski definition) is 5. The van der Waals surface area contributed by atoms with Crippen molar-refractivity contribution in [3.8, 4) is 0 Å². The number of β-amino-alcohol motifs (C(OH)–C–C–N with tert-alkyl or cyclic N) is 1. The molecule has 1 saturated heterocycles. The third-order valence-electron chi connectivity index (χ3n) is 4.54. The number of aromatic nitrogens is 2. The van der Waals surface area contributed by atoms with Crippen LogP contribution in [0.2, 0.25) is 0 Å². The minimum Gasteiger partial charge on any atom is -0.390 e. The molecule has 0 radical (unpaired) electrons. The van der Waals surface area contributed by atoms with Crippen molar-refractivity contribution in [1.82, 2.24) is 14.5 Å². The molecular weight excluding hydrogens is 260 g/mol. The van der Waals surface area contributed by atoms with Gasteiger partial charge >= 0.3 is 5.95 Å². The Morgan fingerprint density at radius 2 is 2.35 bits per heavy atom. The lowest BCUT2D eigenvalue weighted by Crippen LogP contribution is -2.26. The van der Waals surface area contributed by atoms with Gasteiger partial charge in [0.05, 0.1) is 12.6 Å². The van der Waals surface area contributed by atoms with Gasteiger partial charge in [-0.25, -0.2) is 4.57 Å². The summed E-state index contributed by atoms with van der Waals surface area (Å²) in [6.45, 7) is 3.08. The fourth-order valence-electron chi connectivity index (χ4n) is 3.62. The zero-order valence-corrected chi connectivity index (χ0v) is 11.6. The Balaban J connectivity index is 1.57. The van der Waals surface area contributed by atoms with Gasteiger partial charge in [0.2, 0.25) is 0 Å². The Bertz CT molecular complexity index is 504. The maximum absolute atomic E-state index is 10.8. The Kier molecular flexibility index (Phi) is 3.47. The normalized spacial score (nSPS) is 33.5. The van der Waals surface area contributed by atoms with Gasteiger partial charge in [0.1, 0.15) is 12.4 Å². The van der Waals surface area contributed by atoms with Crippen molar-refractivity contribution < 1.29 is 10.0 Å². The summed E-state index contributed by atoms with van der Waals surface area (Å²) in [7, 11) is 0. The van der Waals surface area contributed by atoms with Crippen molar-refractivity contribution in [3.63, 3.8) is 0 Å². The second-order valence-electron chi connectivity index (χ2n) is 5.95. The molecule has 7 heteroatoms. The number of fused-ring (bicyclic) bond motifs is 1. The predicted molar refractivity (Wildman–Crippen MR) is 72.2 cm³/mol. The smallest absolute Gasteiger partial charge is 0.390 e. The molecule has 110 valence electrons. The number of imidazole rings is 1. The van der Waals surface area contributed by atoms with E-state index in [9.17, 15) is 15.2 Å². The average Bonchev–Trinajstić information content (AvgIpc) is 2.89. The summed E-state index contributed by atoms with van der Waals surface area (Å²) >= 11 is 0. The fourth-order valence-corrected chi connectivity index (χ4v) is 3.62. The largest absolute Gasteiger partial charge is 0.434 e. The SMILES string of the molecule is CC1CCCC2C1N2CC(O)Cn1ccnc1[N+](=O)[O-]. The number of aliphatic hydroxyl groups is 1. The quantitative estimate of drug-likeness (QED) is 0.494. The van der Waals surface area contributed by atoms with Crippen LogP contribution in [0.5, 0.6) is 0 Å². The Labute approximate surface area is 117 Å². The molecule has 5 atom stereocenters. The minimum atomic E-state index is -0.597. The molecule has 1 aromatic rings. The molecular formula is C13H20N4O3. The molecule has 0 amide bonds. The van der Waals surface area contributed by atoms with Gasteiger partial charge in [-0.15, -0.1) is 0 Å². The molecule has 1 saturated carbocycles. The predicted octanol–water partition coefficient (Wildman–Crippen LogP) is 1.03. The number of nitro groups is 1. The number of nitrogens with zero attached hydrogens (tertiary/aromatic N) is 4.